The number of nitrogens with zero attached hydrogens (tertiary/aromatic N) is 2. The summed E-state index contributed by atoms with van der Waals surface area (Å²) in [5, 5.41) is 0.0579. The average Bonchev–Trinajstić information content (AvgIpc) is 2.76. The molecule has 0 amide bonds. The zero-order valence-corrected chi connectivity index (χ0v) is 21.2. The first-order chi connectivity index (χ1) is 14.9. The molecular formula is C24H42N2O4S. The van der Waals surface area contributed by atoms with E-state index in [2.05, 4.69) is 37.7 Å². The van der Waals surface area contributed by atoms with E-state index in [4.69, 9.17) is 14.2 Å². The number of thioether (sulfide) groups is 1. The molecule has 7 heteroatoms. The summed E-state index contributed by atoms with van der Waals surface area (Å²) >= 11 is 1.34. The van der Waals surface area contributed by atoms with E-state index >= 15 is 0 Å². The smallest absolute Gasteiger partial charge is 0.320 e. The van der Waals surface area contributed by atoms with Gasteiger partial charge in [-0.3, -0.25) is 4.79 Å². The Morgan fingerprint density at radius 3 is 2.03 bits per heavy atom. The second-order valence-corrected chi connectivity index (χ2v) is 9.69. The molecule has 31 heavy (non-hydrogen) atoms. The van der Waals surface area contributed by atoms with Gasteiger partial charge in [-0.25, -0.2) is 0 Å². The number of esters is 1. The van der Waals surface area contributed by atoms with Crippen LogP contribution in [-0.2, 0) is 9.53 Å². The molecule has 0 aliphatic heterocycles. The predicted molar refractivity (Wildman–Crippen MR) is 127 cm³/mol. The SMILES string of the molecule is CCCCCCCCCC(C)(C)C(Sc1nc(OC)cc(OC)n1)C(=O)OCCCC. The Balaban J connectivity index is 2.86. The van der Waals surface area contributed by atoms with Crippen LogP contribution >= 0.6 is 11.8 Å². The van der Waals surface area contributed by atoms with Gasteiger partial charge in [0, 0.05) is 0 Å². The van der Waals surface area contributed by atoms with Gasteiger partial charge in [0.1, 0.15) is 5.25 Å². The van der Waals surface area contributed by atoms with Crippen LogP contribution in [0.1, 0.15) is 91.9 Å². The largest absolute Gasteiger partial charge is 0.481 e. The number of rotatable bonds is 17. The van der Waals surface area contributed by atoms with Crippen molar-refractivity contribution in [3.05, 3.63) is 6.07 Å². The van der Waals surface area contributed by atoms with Crippen LogP contribution in [0.4, 0.5) is 0 Å². The summed E-state index contributed by atoms with van der Waals surface area (Å²) in [7, 11) is 3.11. The van der Waals surface area contributed by atoms with E-state index < -0.39 is 5.25 Å². The Morgan fingerprint density at radius 2 is 1.48 bits per heavy atom. The predicted octanol–water partition coefficient (Wildman–Crippen LogP) is 6.46. The molecule has 0 N–H and O–H groups in total. The normalized spacial score (nSPS) is 12.5. The molecule has 0 aromatic carbocycles. The summed E-state index contributed by atoms with van der Waals surface area (Å²) in [6.45, 7) is 9.05. The number of methoxy groups -OCH3 is 2. The number of carbonyl (C=O) groups excluding carboxylic acids is 1. The van der Waals surface area contributed by atoms with Crippen molar-refractivity contribution in [3.8, 4) is 11.8 Å². The Bertz CT molecular complexity index is 618. The zero-order valence-electron chi connectivity index (χ0n) is 20.4. The fraction of sp³-hybridized carbons (Fsp3) is 0.792. The van der Waals surface area contributed by atoms with Gasteiger partial charge in [0.15, 0.2) is 5.16 Å². The van der Waals surface area contributed by atoms with E-state index in [1.165, 1.54) is 50.3 Å². The maximum Gasteiger partial charge on any atom is 0.320 e. The van der Waals surface area contributed by atoms with Crippen LogP contribution in [0.5, 0.6) is 11.8 Å². The molecule has 0 aliphatic carbocycles. The Hall–Kier alpha value is -1.50. The maximum absolute atomic E-state index is 13.0. The monoisotopic (exact) mass is 454 g/mol. The van der Waals surface area contributed by atoms with Gasteiger partial charge in [-0.1, -0.05) is 90.8 Å². The average molecular weight is 455 g/mol. The summed E-state index contributed by atoms with van der Waals surface area (Å²) in [5.74, 6) is 0.631. The van der Waals surface area contributed by atoms with Crippen LogP contribution in [0.15, 0.2) is 11.2 Å². The number of ether oxygens (including phenoxy) is 3. The third-order valence-corrected chi connectivity index (χ3v) is 6.85. The van der Waals surface area contributed by atoms with Gasteiger partial charge in [-0.15, -0.1) is 0 Å². The molecule has 0 spiro atoms. The van der Waals surface area contributed by atoms with Crippen molar-refractivity contribution < 1.29 is 19.0 Å². The molecule has 0 fully saturated rings. The molecule has 1 aromatic rings. The van der Waals surface area contributed by atoms with Crippen molar-refractivity contribution in [2.45, 2.75) is 102 Å². The highest BCUT2D eigenvalue weighted by atomic mass is 32.2. The first kappa shape index (κ1) is 27.5. The second kappa shape index (κ2) is 15.3. The number of aromatic nitrogens is 2. The minimum absolute atomic E-state index is 0.197. The van der Waals surface area contributed by atoms with E-state index in [1.54, 1.807) is 20.3 Å². The third-order valence-electron chi connectivity index (χ3n) is 5.39. The minimum atomic E-state index is -0.402. The molecule has 1 aromatic heterocycles. The third kappa shape index (κ3) is 10.6. The fourth-order valence-electron chi connectivity index (χ4n) is 3.34. The second-order valence-electron chi connectivity index (χ2n) is 8.61. The Labute approximate surface area is 193 Å². The van der Waals surface area contributed by atoms with Crippen molar-refractivity contribution in [3.63, 3.8) is 0 Å². The van der Waals surface area contributed by atoms with E-state index in [0.29, 0.717) is 23.5 Å². The van der Waals surface area contributed by atoms with Crippen LogP contribution in [0.25, 0.3) is 0 Å². The number of unbranched alkanes of at least 4 members (excludes halogenated alkanes) is 7. The lowest BCUT2D eigenvalue weighted by atomic mass is 9.83. The van der Waals surface area contributed by atoms with E-state index in [1.807, 2.05) is 0 Å². The van der Waals surface area contributed by atoms with Gasteiger partial charge in [-0.2, -0.15) is 9.97 Å². The highest BCUT2D eigenvalue weighted by Gasteiger charge is 2.38. The summed E-state index contributed by atoms with van der Waals surface area (Å²) in [6.07, 6.45) is 11.5. The van der Waals surface area contributed by atoms with Crippen molar-refractivity contribution >= 4 is 17.7 Å². The quantitative estimate of drug-likeness (QED) is 0.116. The van der Waals surface area contributed by atoms with Crippen LogP contribution < -0.4 is 9.47 Å². The number of hydrogen-bond acceptors (Lipinski definition) is 7. The Morgan fingerprint density at radius 1 is 0.935 bits per heavy atom. The first-order valence-corrected chi connectivity index (χ1v) is 12.6. The standard InChI is InChI=1S/C24H42N2O4S/c1-7-9-11-12-13-14-15-16-24(3,4)21(22(27)30-17-10-8-2)31-23-25-19(28-5)18-20(26-23)29-6/h18,21H,7-17H2,1-6H3. The summed E-state index contributed by atoms with van der Waals surface area (Å²) in [4.78, 5) is 21.8. The topological polar surface area (TPSA) is 70.5 Å². The molecule has 6 nitrogen and oxygen atoms in total. The van der Waals surface area contributed by atoms with Crippen LogP contribution in [0.2, 0.25) is 0 Å². The lowest BCUT2D eigenvalue weighted by Gasteiger charge is -2.32. The lowest BCUT2D eigenvalue weighted by molar-refractivity contribution is -0.145. The Kier molecular flexibility index (Phi) is 13.6. The molecule has 0 saturated heterocycles. The van der Waals surface area contributed by atoms with Gasteiger partial charge in [-0.05, 0) is 18.3 Å². The van der Waals surface area contributed by atoms with Gasteiger partial charge < -0.3 is 14.2 Å². The molecule has 0 aliphatic rings. The summed E-state index contributed by atoms with van der Waals surface area (Å²) < 4.78 is 16.1. The fourth-order valence-corrected chi connectivity index (χ4v) is 4.44. The number of carbonyl (C=O) groups is 1. The summed E-state index contributed by atoms with van der Waals surface area (Å²) in [6, 6.07) is 1.63. The van der Waals surface area contributed by atoms with Gasteiger partial charge in [0.25, 0.3) is 0 Å². The van der Waals surface area contributed by atoms with E-state index in [-0.39, 0.29) is 11.4 Å². The first-order valence-electron chi connectivity index (χ1n) is 11.7. The van der Waals surface area contributed by atoms with Crippen LogP contribution in [0.3, 0.4) is 0 Å². The molecule has 1 atom stereocenters. The highest BCUT2D eigenvalue weighted by Crippen LogP contribution is 2.40. The summed E-state index contributed by atoms with van der Waals surface area (Å²) in [5.41, 5.74) is -0.253. The van der Waals surface area contributed by atoms with Crippen molar-refractivity contribution in [2.75, 3.05) is 20.8 Å². The molecular weight excluding hydrogens is 412 g/mol. The van der Waals surface area contributed by atoms with E-state index in [9.17, 15) is 4.79 Å². The molecule has 0 bridgehead atoms. The van der Waals surface area contributed by atoms with Crippen molar-refractivity contribution in [1.82, 2.24) is 9.97 Å². The molecule has 178 valence electrons. The molecule has 1 heterocycles. The highest BCUT2D eigenvalue weighted by molar-refractivity contribution is 8.00. The van der Waals surface area contributed by atoms with Gasteiger partial charge in [0.2, 0.25) is 11.8 Å². The van der Waals surface area contributed by atoms with Gasteiger partial charge >= 0.3 is 5.97 Å². The number of hydrogen-bond donors (Lipinski definition) is 0. The maximum atomic E-state index is 13.0. The molecule has 1 rings (SSSR count). The zero-order chi connectivity index (χ0) is 23.1. The van der Waals surface area contributed by atoms with Gasteiger partial charge in [0.05, 0.1) is 26.9 Å². The molecule has 1 unspecified atom stereocenters. The van der Waals surface area contributed by atoms with Crippen LogP contribution in [-0.4, -0.2) is 42.0 Å². The van der Waals surface area contributed by atoms with Crippen LogP contribution in [0, 0.1) is 5.41 Å². The van der Waals surface area contributed by atoms with Crippen molar-refractivity contribution in [1.29, 1.82) is 0 Å². The minimum Gasteiger partial charge on any atom is -0.481 e. The van der Waals surface area contributed by atoms with E-state index in [0.717, 1.165) is 25.7 Å². The van der Waals surface area contributed by atoms with Crippen molar-refractivity contribution in [2.24, 2.45) is 5.41 Å². The molecule has 0 saturated carbocycles. The lowest BCUT2D eigenvalue weighted by Crippen LogP contribution is -2.36. The molecule has 0 radical (unpaired) electrons.